The van der Waals surface area contributed by atoms with Crippen molar-refractivity contribution in [3.8, 4) is 5.75 Å². The first-order chi connectivity index (χ1) is 11.5. The summed E-state index contributed by atoms with van der Waals surface area (Å²) in [6.45, 7) is 4.62. The predicted octanol–water partition coefficient (Wildman–Crippen LogP) is 2.72. The zero-order chi connectivity index (χ0) is 17.2. The van der Waals surface area contributed by atoms with Gasteiger partial charge in [-0.05, 0) is 68.5 Å². The number of rotatable bonds is 5. The molecule has 1 aliphatic heterocycles. The highest BCUT2D eigenvalue weighted by molar-refractivity contribution is 7.89. The second-order valence-corrected chi connectivity index (χ2v) is 8.16. The number of benzene rings is 1. The van der Waals surface area contributed by atoms with Crippen molar-refractivity contribution in [2.75, 3.05) is 6.54 Å². The van der Waals surface area contributed by atoms with E-state index < -0.39 is 10.0 Å². The summed E-state index contributed by atoms with van der Waals surface area (Å²) in [6.07, 6.45) is 6.97. The van der Waals surface area contributed by atoms with Crippen LogP contribution in [0.2, 0.25) is 0 Å². The van der Waals surface area contributed by atoms with Crippen molar-refractivity contribution in [1.82, 2.24) is 10.0 Å². The van der Waals surface area contributed by atoms with Crippen LogP contribution in [0.3, 0.4) is 0 Å². The molecule has 0 radical (unpaired) electrons. The van der Waals surface area contributed by atoms with Gasteiger partial charge < -0.3 is 10.1 Å². The SMILES string of the molecule is CC(C)Oc1ccc(S(=O)(=O)NC2CCCC3=CNCC=C32)cc1. The minimum Gasteiger partial charge on any atom is -0.491 e. The maximum absolute atomic E-state index is 12.7. The molecular weight excluding hydrogens is 324 g/mol. The van der Waals surface area contributed by atoms with E-state index >= 15 is 0 Å². The van der Waals surface area contributed by atoms with Crippen LogP contribution in [0.1, 0.15) is 33.1 Å². The van der Waals surface area contributed by atoms with E-state index in [0.717, 1.165) is 31.4 Å². The van der Waals surface area contributed by atoms with E-state index in [1.165, 1.54) is 5.57 Å². The highest BCUT2D eigenvalue weighted by atomic mass is 32.2. The Bertz CT molecular complexity index is 749. The third-order valence-corrected chi connectivity index (χ3v) is 5.69. The topological polar surface area (TPSA) is 67.4 Å². The van der Waals surface area contributed by atoms with Crippen LogP contribution in [0.4, 0.5) is 0 Å². The van der Waals surface area contributed by atoms with E-state index in [1.54, 1.807) is 24.3 Å². The Morgan fingerprint density at radius 2 is 2.00 bits per heavy atom. The van der Waals surface area contributed by atoms with Gasteiger partial charge in [0.1, 0.15) is 5.75 Å². The molecule has 1 aromatic rings. The summed E-state index contributed by atoms with van der Waals surface area (Å²) >= 11 is 0. The first-order valence-corrected chi connectivity index (χ1v) is 9.86. The Morgan fingerprint density at radius 3 is 2.71 bits per heavy atom. The second-order valence-electron chi connectivity index (χ2n) is 6.44. The van der Waals surface area contributed by atoms with E-state index in [1.807, 2.05) is 20.0 Å². The normalized spacial score (nSPS) is 20.7. The third-order valence-electron chi connectivity index (χ3n) is 4.20. The lowest BCUT2D eigenvalue weighted by molar-refractivity contribution is 0.242. The number of fused-ring (bicyclic) bond motifs is 1. The van der Waals surface area contributed by atoms with Gasteiger partial charge in [0.25, 0.3) is 0 Å². The van der Waals surface area contributed by atoms with Crippen LogP contribution in [-0.2, 0) is 10.0 Å². The van der Waals surface area contributed by atoms with E-state index in [-0.39, 0.29) is 17.0 Å². The van der Waals surface area contributed by atoms with Gasteiger partial charge in [-0.25, -0.2) is 13.1 Å². The summed E-state index contributed by atoms with van der Waals surface area (Å²) in [5.41, 5.74) is 2.32. The lowest BCUT2D eigenvalue weighted by atomic mass is 9.85. The Kier molecular flexibility index (Phi) is 4.96. The van der Waals surface area contributed by atoms with Crippen molar-refractivity contribution >= 4 is 10.0 Å². The van der Waals surface area contributed by atoms with Gasteiger partial charge in [-0.2, -0.15) is 0 Å². The van der Waals surface area contributed by atoms with Gasteiger partial charge >= 0.3 is 0 Å². The quantitative estimate of drug-likeness (QED) is 0.859. The van der Waals surface area contributed by atoms with Crippen molar-refractivity contribution in [2.24, 2.45) is 0 Å². The molecule has 0 bridgehead atoms. The molecule has 2 N–H and O–H groups in total. The lowest BCUT2D eigenvalue weighted by Gasteiger charge is -2.30. The summed E-state index contributed by atoms with van der Waals surface area (Å²) in [6, 6.07) is 6.44. The molecule has 0 saturated heterocycles. The standard InChI is InChI=1S/C18H24N2O3S/c1-13(2)23-15-6-8-16(9-7-15)24(21,22)20-18-5-3-4-14-12-19-11-10-17(14)18/h6-10,12-13,18-20H,3-5,11H2,1-2H3. The Morgan fingerprint density at radius 1 is 1.25 bits per heavy atom. The molecular formula is C18H24N2O3S. The molecule has 3 rings (SSSR count). The first kappa shape index (κ1) is 17.0. The number of hydrogen-bond donors (Lipinski definition) is 2. The Labute approximate surface area is 143 Å². The van der Waals surface area contributed by atoms with Gasteiger partial charge in [-0.3, -0.25) is 0 Å². The highest BCUT2D eigenvalue weighted by Gasteiger charge is 2.28. The molecule has 1 saturated carbocycles. The molecule has 1 fully saturated rings. The molecule has 1 aliphatic carbocycles. The number of sulfonamides is 1. The van der Waals surface area contributed by atoms with Crippen LogP contribution in [0.5, 0.6) is 5.75 Å². The van der Waals surface area contributed by atoms with Crippen molar-refractivity contribution < 1.29 is 13.2 Å². The Hall–Kier alpha value is -1.79. The molecule has 5 nitrogen and oxygen atoms in total. The van der Waals surface area contributed by atoms with Crippen LogP contribution < -0.4 is 14.8 Å². The van der Waals surface area contributed by atoms with Crippen LogP contribution in [0, 0.1) is 0 Å². The fourth-order valence-electron chi connectivity index (χ4n) is 3.15. The molecule has 6 heteroatoms. The molecule has 130 valence electrons. The minimum absolute atomic E-state index is 0.0601. The maximum atomic E-state index is 12.7. The summed E-state index contributed by atoms with van der Waals surface area (Å²) in [5.74, 6) is 0.674. The number of hydrogen-bond acceptors (Lipinski definition) is 4. The average Bonchev–Trinajstić information content (AvgIpc) is 2.55. The molecule has 1 atom stereocenters. The van der Waals surface area contributed by atoms with Crippen LogP contribution in [0.15, 0.2) is 52.6 Å². The van der Waals surface area contributed by atoms with E-state index in [0.29, 0.717) is 5.75 Å². The van der Waals surface area contributed by atoms with Gasteiger partial charge in [0.05, 0.1) is 11.0 Å². The van der Waals surface area contributed by atoms with Gasteiger partial charge in [0.2, 0.25) is 10.0 Å². The van der Waals surface area contributed by atoms with Crippen molar-refractivity contribution in [1.29, 1.82) is 0 Å². The van der Waals surface area contributed by atoms with Crippen LogP contribution >= 0.6 is 0 Å². The zero-order valence-electron chi connectivity index (χ0n) is 14.1. The van der Waals surface area contributed by atoms with Gasteiger partial charge in [-0.15, -0.1) is 0 Å². The zero-order valence-corrected chi connectivity index (χ0v) is 14.9. The molecule has 24 heavy (non-hydrogen) atoms. The maximum Gasteiger partial charge on any atom is 0.241 e. The fourth-order valence-corrected chi connectivity index (χ4v) is 4.40. The largest absolute Gasteiger partial charge is 0.491 e. The number of dihydropyridines is 1. The Balaban J connectivity index is 1.76. The van der Waals surface area contributed by atoms with Crippen molar-refractivity contribution in [3.05, 3.63) is 47.7 Å². The van der Waals surface area contributed by atoms with Gasteiger partial charge in [0, 0.05) is 18.8 Å². The summed E-state index contributed by atoms with van der Waals surface area (Å²) in [5, 5.41) is 3.19. The first-order valence-electron chi connectivity index (χ1n) is 8.37. The molecule has 2 aliphatic rings. The molecule has 0 aromatic heterocycles. The monoisotopic (exact) mass is 348 g/mol. The molecule has 1 unspecified atom stereocenters. The average molecular weight is 348 g/mol. The van der Waals surface area contributed by atoms with Gasteiger partial charge in [0.15, 0.2) is 0 Å². The summed E-state index contributed by atoms with van der Waals surface area (Å²) in [4.78, 5) is 0.268. The molecule has 1 aromatic carbocycles. The lowest BCUT2D eigenvalue weighted by Crippen LogP contribution is -2.39. The van der Waals surface area contributed by atoms with Gasteiger partial charge in [-0.1, -0.05) is 6.08 Å². The predicted molar refractivity (Wildman–Crippen MR) is 94.3 cm³/mol. The summed E-state index contributed by atoms with van der Waals surface area (Å²) in [7, 11) is -3.55. The van der Waals surface area contributed by atoms with E-state index in [2.05, 4.69) is 16.1 Å². The van der Waals surface area contributed by atoms with Crippen molar-refractivity contribution in [2.45, 2.75) is 50.2 Å². The molecule has 0 amide bonds. The minimum atomic E-state index is -3.55. The van der Waals surface area contributed by atoms with Crippen molar-refractivity contribution in [3.63, 3.8) is 0 Å². The van der Waals surface area contributed by atoms with Crippen LogP contribution in [-0.4, -0.2) is 27.1 Å². The van der Waals surface area contributed by atoms with E-state index in [9.17, 15) is 8.42 Å². The number of ether oxygens (including phenoxy) is 1. The van der Waals surface area contributed by atoms with E-state index in [4.69, 9.17) is 4.74 Å². The number of nitrogens with one attached hydrogen (secondary N) is 2. The van der Waals surface area contributed by atoms with Crippen LogP contribution in [0.25, 0.3) is 0 Å². The summed E-state index contributed by atoms with van der Waals surface area (Å²) < 4.78 is 33.8. The smallest absolute Gasteiger partial charge is 0.241 e. The second kappa shape index (κ2) is 6.99. The third kappa shape index (κ3) is 3.82. The molecule has 0 spiro atoms. The fraction of sp³-hybridized carbons (Fsp3) is 0.444. The molecule has 1 heterocycles. The highest BCUT2D eigenvalue weighted by Crippen LogP contribution is 2.31.